The summed E-state index contributed by atoms with van der Waals surface area (Å²) >= 11 is 0. The van der Waals surface area contributed by atoms with E-state index >= 15 is 0 Å². The van der Waals surface area contributed by atoms with Crippen LogP contribution in [0.4, 0.5) is 34.1 Å². The zero-order valence-corrected chi connectivity index (χ0v) is 43.8. The highest BCUT2D eigenvalue weighted by molar-refractivity contribution is 6.11. The van der Waals surface area contributed by atoms with Crippen LogP contribution < -0.4 is 9.80 Å². The average molecular weight is 967 g/mol. The lowest BCUT2D eigenvalue weighted by molar-refractivity contribution is 0.590. The van der Waals surface area contributed by atoms with Gasteiger partial charge in [0.05, 0.1) is 11.1 Å². The van der Waals surface area contributed by atoms with Crippen molar-refractivity contribution in [2.24, 2.45) is 0 Å². The summed E-state index contributed by atoms with van der Waals surface area (Å²) in [5.41, 5.74) is 20.8. The second kappa shape index (κ2) is 19.0. The van der Waals surface area contributed by atoms with Crippen LogP contribution in [-0.2, 0) is 16.2 Å². The Bertz CT molecular complexity index is 3730. The zero-order chi connectivity index (χ0) is 51.3. The van der Waals surface area contributed by atoms with Crippen LogP contribution in [-0.4, -0.2) is 0 Å². The van der Waals surface area contributed by atoms with Gasteiger partial charge in [0.1, 0.15) is 0 Å². The van der Waals surface area contributed by atoms with E-state index in [0.717, 1.165) is 34.1 Å². The quantitative estimate of drug-likeness (QED) is 0.135. The number of hydrogen-bond donors (Lipinski definition) is 0. The Morgan fingerprint density at radius 3 is 1.09 bits per heavy atom. The van der Waals surface area contributed by atoms with E-state index in [-0.39, 0.29) is 10.8 Å². The number of nitrogens with zero attached hydrogens (tertiary/aromatic N) is 2. The van der Waals surface area contributed by atoms with E-state index in [1.807, 2.05) is 0 Å². The summed E-state index contributed by atoms with van der Waals surface area (Å²) in [6.07, 6.45) is 0. The summed E-state index contributed by atoms with van der Waals surface area (Å²) in [5, 5.41) is 2.41. The highest BCUT2D eigenvalue weighted by Gasteiger charge is 2.48. The molecule has 2 heteroatoms. The van der Waals surface area contributed by atoms with E-state index in [0.29, 0.717) is 0 Å². The van der Waals surface area contributed by atoms with Gasteiger partial charge in [-0.15, -0.1) is 0 Å². The van der Waals surface area contributed by atoms with Crippen molar-refractivity contribution in [1.29, 1.82) is 0 Å². The Kier molecular flexibility index (Phi) is 12.0. The van der Waals surface area contributed by atoms with Crippen molar-refractivity contribution in [2.45, 2.75) is 57.8 Å². The first kappa shape index (κ1) is 47.3. The fourth-order valence-electron chi connectivity index (χ4n) is 11.6. The van der Waals surface area contributed by atoms with Crippen molar-refractivity contribution in [3.63, 3.8) is 0 Å². The molecule has 0 fully saturated rings. The van der Waals surface area contributed by atoms with Crippen LogP contribution in [0.2, 0.25) is 0 Å². The van der Waals surface area contributed by atoms with Crippen LogP contribution in [0, 0.1) is 0 Å². The molecule has 1 aliphatic rings. The van der Waals surface area contributed by atoms with Crippen molar-refractivity contribution < 1.29 is 0 Å². The van der Waals surface area contributed by atoms with Gasteiger partial charge in [-0.1, -0.05) is 242 Å². The minimum absolute atomic E-state index is 0.00757. The highest BCUT2D eigenvalue weighted by atomic mass is 15.1. The molecule has 0 saturated heterocycles. The lowest BCUT2D eigenvalue weighted by Crippen LogP contribution is -2.29. The van der Waals surface area contributed by atoms with Crippen LogP contribution in [0.3, 0.4) is 0 Å². The molecule has 11 aromatic carbocycles. The Morgan fingerprint density at radius 1 is 0.293 bits per heavy atom. The zero-order valence-electron chi connectivity index (χ0n) is 43.8. The summed E-state index contributed by atoms with van der Waals surface area (Å²) in [7, 11) is 0. The smallest absolute Gasteiger partial charge is 0.0715 e. The first-order valence-electron chi connectivity index (χ1n) is 26.4. The topological polar surface area (TPSA) is 6.48 Å². The SMILES string of the molecule is CC(C)(C)c1ccc(N(c2ccc(-c3ccccc3)cc2)c2ccc3c(c2)C(c2ccccc2)(c2ccccc2)c2cc(N(c4ccc(-c5ccccc5)cc4)c4ccc(C(C)(C)C)cc4)c4ccccc4c2-3)cc1. The molecule has 0 heterocycles. The first-order chi connectivity index (χ1) is 36.5. The van der Waals surface area contributed by atoms with Crippen molar-refractivity contribution in [3.8, 4) is 33.4 Å². The molecular weight excluding hydrogens is 905 g/mol. The number of anilines is 6. The van der Waals surface area contributed by atoms with Gasteiger partial charge in [-0.2, -0.15) is 0 Å². The van der Waals surface area contributed by atoms with Crippen molar-refractivity contribution in [1.82, 2.24) is 0 Å². The van der Waals surface area contributed by atoms with Gasteiger partial charge in [0.15, 0.2) is 0 Å². The van der Waals surface area contributed by atoms with Gasteiger partial charge in [0, 0.05) is 33.8 Å². The predicted molar refractivity (Wildman–Crippen MR) is 319 cm³/mol. The molecule has 1 aliphatic carbocycles. The van der Waals surface area contributed by atoms with Gasteiger partial charge >= 0.3 is 0 Å². The van der Waals surface area contributed by atoms with Crippen molar-refractivity contribution in [3.05, 3.63) is 300 Å². The Hall–Kier alpha value is -8.72. The van der Waals surface area contributed by atoms with Gasteiger partial charge in [-0.05, 0) is 150 Å². The fourth-order valence-corrected chi connectivity index (χ4v) is 11.6. The molecule has 0 atom stereocenters. The number of hydrogen-bond acceptors (Lipinski definition) is 2. The lowest BCUT2D eigenvalue weighted by Gasteiger charge is -2.36. The van der Waals surface area contributed by atoms with E-state index < -0.39 is 5.41 Å². The molecule has 75 heavy (non-hydrogen) atoms. The highest BCUT2D eigenvalue weighted by Crippen LogP contribution is 2.61. The molecule has 0 spiro atoms. The third-order valence-corrected chi connectivity index (χ3v) is 15.5. The van der Waals surface area contributed by atoms with Crippen LogP contribution in [0.5, 0.6) is 0 Å². The molecule has 0 amide bonds. The number of rotatable bonds is 10. The second-order valence-electron chi connectivity index (χ2n) is 22.2. The minimum atomic E-state index is -0.708. The molecule has 2 nitrogen and oxygen atoms in total. The molecular formula is C73H62N2. The fraction of sp³-hybridized carbons (Fsp3) is 0.123. The monoisotopic (exact) mass is 966 g/mol. The van der Waals surface area contributed by atoms with E-state index in [1.54, 1.807) is 0 Å². The number of fused-ring (bicyclic) bond motifs is 5. The maximum absolute atomic E-state index is 2.53. The van der Waals surface area contributed by atoms with Gasteiger partial charge < -0.3 is 9.80 Å². The molecule has 364 valence electrons. The average Bonchev–Trinajstić information content (AvgIpc) is 3.77. The van der Waals surface area contributed by atoms with Gasteiger partial charge in [0.25, 0.3) is 0 Å². The van der Waals surface area contributed by atoms with Crippen LogP contribution in [0.15, 0.2) is 267 Å². The standard InChI is InChI=1S/C73H62N2/c1-71(2,3)55-35-43-60(44-36-55)74(59-39-31-53(32-40-59)51-21-11-7-12-22-51)63-47-48-66-67(49-63)73(57-25-15-9-16-26-57,58-27-17-10-18-28-58)68-50-69(64-29-19-20-30-65(64)70(66)68)75(62-45-37-56(38-46-62)72(4,5)6)61-41-33-54(34-42-61)52-23-13-8-14-24-52/h7-50H,1-6H3. The van der Waals surface area contributed by atoms with E-state index in [9.17, 15) is 0 Å². The largest absolute Gasteiger partial charge is 0.310 e. The molecule has 0 aromatic heterocycles. The third-order valence-electron chi connectivity index (χ3n) is 15.5. The lowest BCUT2D eigenvalue weighted by atomic mass is 9.67. The molecule has 12 rings (SSSR count). The van der Waals surface area contributed by atoms with E-state index in [1.165, 1.54) is 77.5 Å². The van der Waals surface area contributed by atoms with E-state index in [4.69, 9.17) is 0 Å². The summed E-state index contributed by atoms with van der Waals surface area (Å²) < 4.78 is 0. The Labute approximate surface area is 443 Å². The summed E-state index contributed by atoms with van der Waals surface area (Å²) in [5.74, 6) is 0. The molecule has 0 bridgehead atoms. The Balaban J connectivity index is 1.12. The van der Waals surface area contributed by atoms with Crippen LogP contribution in [0.25, 0.3) is 44.2 Å². The maximum atomic E-state index is 2.53. The Morgan fingerprint density at radius 2 is 0.653 bits per heavy atom. The van der Waals surface area contributed by atoms with Gasteiger partial charge in [0.2, 0.25) is 0 Å². The first-order valence-corrected chi connectivity index (χ1v) is 26.4. The third kappa shape index (κ3) is 8.51. The van der Waals surface area contributed by atoms with Crippen LogP contribution >= 0.6 is 0 Å². The summed E-state index contributed by atoms with van der Waals surface area (Å²) in [6.45, 7) is 13.7. The van der Waals surface area contributed by atoms with E-state index in [2.05, 4.69) is 318 Å². The summed E-state index contributed by atoms with van der Waals surface area (Å²) in [6, 6.07) is 99.3. The molecule has 0 radical (unpaired) electrons. The van der Waals surface area contributed by atoms with Crippen molar-refractivity contribution in [2.75, 3.05) is 9.80 Å². The molecule has 0 aliphatic heterocycles. The summed E-state index contributed by atoms with van der Waals surface area (Å²) in [4.78, 5) is 4.93. The second-order valence-corrected chi connectivity index (χ2v) is 22.2. The number of benzene rings is 11. The van der Waals surface area contributed by atoms with Crippen LogP contribution in [0.1, 0.15) is 74.9 Å². The van der Waals surface area contributed by atoms with Gasteiger partial charge in [-0.3, -0.25) is 0 Å². The molecule has 0 unspecified atom stereocenters. The normalized spacial score (nSPS) is 12.8. The minimum Gasteiger partial charge on any atom is -0.310 e. The maximum Gasteiger partial charge on any atom is 0.0715 e. The molecule has 0 N–H and O–H groups in total. The predicted octanol–water partition coefficient (Wildman–Crippen LogP) is 20.1. The molecule has 0 saturated carbocycles. The van der Waals surface area contributed by atoms with Gasteiger partial charge in [-0.25, -0.2) is 0 Å². The molecule has 11 aromatic rings. The van der Waals surface area contributed by atoms with Crippen molar-refractivity contribution >= 4 is 44.9 Å².